The molecule has 96 valence electrons. The van der Waals surface area contributed by atoms with Crippen molar-refractivity contribution in [2.75, 3.05) is 18.1 Å². The summed E-state index contributed by atoms with van der Waals surface area (Å²) in [6.07, 6.45) is 9.77. The van der Waals surface area contributed by atoms with E-state index in [-0.39, 0.29) is 11.0 Å². The molecule has 2 heterocycles. The van der Waals surface area contributed by atoms with Gasteiger partial charge in [-0.2, -0.15) is 11.8 Å². The first kappa shape index (κ1) is 12.4. The van der Waals surface area contributed by atoms with Gasteiger partial charge in [0.05, 0.1) is 11.0 Å². The van der Waals surface area contributed by atoms with Gasteiger partial charge in [-0.1, -0.05) is 11.6 Å². The first-order valence-electron chi connectivity index (χ1n) is 6.84. The van der Waals surface area contributed by atoms with Gasteiger partial charge in [-0.15, -0.1) is 11.6 Å². The average molecular weight is 273 g/mol. The van der Waals surface area contributed by atoms with Crippen LogP contribution in [-0.2, 0) is 4.74 Å². The molecule has 0 saturated carbocycles. The van der Waals surface area contributed by atoms with E-state index in [9.17, 15) is 0 Å². The minimum absolute atomic E-state index is 0.216. The van der Waals surface area contributed by atoms with Gasteiger partial charge in [0.25, 0.3) is 0 Å². The molecule has 3 heteroatoms. The molecule has 3 rings (SSSR count). The quantitative estimate of drug-likeness (QED) is 0.527. The Morgan fingerprint density at radius 3 is 3.12 bits per heavy atom. The molecule has 0 aromatic rings. The Labute approximate surface area is 113 Å². The van der Waals surface area contributed by atoms with Crippen molar-refractivity contribution in [1.29, 1.82) is 0 Å². The van der Waals surface area contributed by atoms with Crippen LogP contribution in [0.5, 0.6) is 0 Å². The fourth-order valence-electron chi connectivity index (χ4n) is 3.45. The van der Waals surface area contributed by atoms with Crippen LogP contribution in [-0.4, -0.2) is 29.1 Å². The number of thioether (sulfide) groups is 1. The molecule has 0 aromatic carbocycles. The maximum absolute atomic E-state index is 6.27. The fraction of sp³-hybridized carbons (Fsp3) is 0.857. The summed E-state index contributed by atoms with van der Waals surface area (Å²) in [4.78, 5) is 0. The third-order valence-corrected chi connectivity index (χ3v) is 5.99. The van der Waals surface area contributed by atoms with Crippen molar-refractivity contribution < 1.29 is 4.74 Å². The largest absolute Gasteiger partial charge is 0.374 e. The topological polar surface area (TPSA) is 9.23 Å². The number of alkyl halides is 1. The molecule has 3 atom stereocenters. The number of hydrogen-bond acceptors (Lipinski definition) is 2. The van der Waals surface area contributed by atoms with E-state index in [0.29, 0.717) is 0 Å². The van der Waals surface area contributed by atoms with Crippen LogP contribution in [0.25, 0.3) is 0 Å². The monoisotopic (exact) mass is 272 g/mol. The number of rotatable bonds is 1. The van der Waals surface area contributed by atoms with Gasteiger partial charge < -0.3 is 4.74 Å². The first-order valence-corrected chi connectivity index (χ1v) is 8.43. The molecule has 0 N–H and O–H groups in total. The van der Waals surface area contributed by atoms with Crippen LogP contribution in [0.15, 0.2) is 11.6 Å². The predicted octanol–water partition coefficient (Wildman–Crippen LogP) is 4.01. The maximum Gasteiger partial charge on any atom is 0.0786 e. The summed E-state index contributed by atoms with van der Waals surface area (Å²) in [6.45, 7) is 0.954. The van der Waals surface area contributed by atoms with E-state index in [1.54, 1.807) is 5.57 Å². The lowest BCUT2D eigenvalue weighted by Crippen LogP contribution is -2.40. The van der Waals surface area contributed by atoms with E-state index in [4.69, 9.17) is 16.3 Å². The predicted molar refractivity (Wildman–Crippen MR) is 74.9 cm³/mol. The Hall–Kier alpha value is 0.340. The Bertz CT molecular complexity index is 309. The van der Waals surface area contributed by atoms with Crippen molar-refractivity contribution in [2.24, 2.45) is 5.92 Å². The summed E-state index contributed by atoms with van der Waals surface area (Å²) in [5.74, 6) is 3.24. The molecule has 1 spiro atoms. The first-order chi connectivity index (χ1) is 8.27. The van der Waals surface area contributed by atoms with Crippen LogP contribution in [0.4, 0.5) is 0 Å². The Morgan fingerprint density at radius 2 is 2.35 bits per heavy atom. The van der Waals surface area contributed by atoms with Crippen molar-refractivity contribution in [3.63, 3.8) is 0 Å². The number of allylic oxidation sites excluding steroid dienone is 2. The summed E-state index contributed by atoms with van der Waals surface area (Å²) < 4.78 is 6.09. The zero-order valence-electron chi connectivity index (χ0n) is 10.3. The normalized spacial score (nSPS) is 42.8. The summed E-state index contributed by atoms with van der Waals surface area (Å²) in [6, 6.07) is 0. The highest BCUT2D eigenvalue weighted by Gasteiger charge is 2.41. The lowest BCUT2D eigenvalue weighted by molar-refractivity contribution is -0.0740. The fourth-order valence-corrected chi connectivity index (χ4v) is 5.14. The Kier molecular flexibility index (Phi) is 3.75. The van der Waals surface area contributed by atoms with E-state index < -0.39 is 0 Å². The second-order valence-electron chi connectivity index (χ2n) is 5.67. The van der Waals surface area contributed by atoms with Crippen LogP contribution in [0, 0.1) is 5.92 Å². The van der Waals surface area contributed by atoms with Crippen LogP contribution in [0.1, 0.15) is 38.5 Å². The molecule has 3 unspecified atom stereocenters. The standard InChI is InChI=1S/C14H21ClOS/c15-13-3-1-2-11(8-13)12-4-6-16-14(9-12)5-7-17-10-14/h8,12-13H,1-7,9-10H2. The molecule has 2 fully saturated rings. The zero-order chi connectivity index (χ0) is 11.7. The van der Waals surface area contributed by atoms with Gasteiger partial charge in [0.2, 0.25) is 0 Å². The molecular weight excluding hydrogens is 252 g/mol. The molecule has 0 radical (unpaired) electrons. The van der Waals surface area contributed by atoms with Gasteiger partial charge in [-0.3, -0.25) is 0 Å². The van der Waals surface area contributed by atoms with E-state index >= 15 is 0 Å². The van der Waals surface area contributed by atoms with E-state index in [1.165, 1.54) is 43.6 Å². The van der Waals surface area contributed by atoms with Crippen molar-refractivity contribution in [3.05, 3.63) is 11.6 Å². The molecular formula is C14H21ClOS. The molecule has 1 aliphatic carbocycles. The van der Waals surface area contributed by atoms with E-state index in [1.807, 2.05) is 0 Å². The minimum atomic E-state index is 0.216. The third-order valence-electron chi connectivity index (χ3n) is 4.42. The van der Waals surface area contributed by atoms with Crippen molar-refractivity contribution in [1.82, 2.24) is 0 Å². The maximum atomic E-state index is 6.27. The number of hydrogen-bond donors (Lipinski definition) is 0. The summed E-state index contributed by atoms with van der Waals surface area (Å²) >= 11 is 8.33. The van der Waals surface area contributed by atoms with Crippen LogP contribution in [0.3, 0.4) is 0 Å². The van der Waals surface area contributed by atoms with Gasteiger partial charge in [-0.05, 0) is 50.2 Å². The summed E-state index contributed by atoms with van der Waals surface area (Å²) in [5.41, 5.74) is 1.85. The van der Waals surface area contributed by atoms with E-state index in [2.05, 4.69) is 17.8 Å². The smallest absolute Gasteiger partial charge is 0.0786 e. The highest BCUT2D eigenvalue weighted by Crippen LogP contribution is 2.44. The van der Waals surface area contributed by atoms with Crippen LogP contribution >= 0.6 is 23.4 Å². The van der Waals surface area contributed by atoms with E-state index in [0.717, 1.165) is 18.9 Å². The molecule has 0 amide bonds. The molecule has 2 saturated heterocycles. The Balaban J connectivity index is 1.71. The Morgan fingerprint density at radius 1 is 1.41 bits per heavy atom. The van der Waals surface area contributed by atoms with Crippen LogP contribution in [0.2, 0.25) is 0 Å². The number of ether oxygens (including phenoxy) is 1. The molecule has 0 aromatic heterocycles. The summed E-state index contributed by atoms with van der Waals surface area (Å²) in [5, 5.41) is 0.287. The van der Waals surface area contributed by atoms with Crippen molar-refractivity contribution >= 4 is 23.4 Å². The molecule has 0 bridgehead atoms. The van der Waals surface area contributed by atoms with Crippen molar-refractivity contribution in [3.8, 4) is 0 Å². The highest BCUT2D eigenvalue weighted by molar-refractivity contribution is 7.99. The van der Waals surface area contributed by atoms with Gasteiger partial charge in [0.15, 0.2) is 0 Å². The number of halogens is 1. The molecule has 17 heavy (non-hydrogen) atoms. The second-order valence-corrected chi connectivity index (χ2v) is 7.34. The lowest BCUT2D eigenvalue weighted by atomic mass is 9.78. The van der Waals surface area contributed by atoms with Gasteiger partial charge in [-0.25, -0.2) is 0 Å². The second kappa shape index (κ2) is 5.14. The minimum Gasteiger partial charge on any atom is -0.374 e. The van der Waals surface area contributed by atoms with Gasteiger partial charge in [0, 0.05) is 12.4 Å². The molecule has 3 aliphatic rings. The SMILES string of the molecule is ClC1C=C(C2CCOC3(CCSC3)C2)CCC1. The molecule has 1 nitrogen and oxygen atoms in total. The lowest BCUT2D eigenvalue weighted by Gasteiger charge is -2.39. The van der Waals surface area contributed by atoms with Crippen molar-refractivity contribution in [2.45, 2.75) is 49.5 Å². The van der Waals surface area contributed by atoms with Gasteiger partial charge in [0.1, 0.15) is 0 Å². The average Bonchev–Trinajstić information content (AvgIpc) is 2.77. The van der Waals surface area contributed by atoms with Gasteiger partial charge >= 0.3 is 0 Å². The summed E-state index contributed by atoms with van der Waals surface area (Å²) in [7, 11) is 0. The van der Waals surface area contributed by atoms with Crippen LogP contribution < -0.4 is 0 Å². The highest BCUT2D eigenvalue weighted by atomic mass is 35.5. The third kappa shape index (κ3) is 2.69. The molecule has 2 aliphatic heterocycles. The zero-order valence-corrected chi connectivity index (χ0v) is 11.9.